The maximum Gasteiger partial charge on any atom is 0.196 e. The number of rotatable bonds is 2. The van der Waals surface area contributed by atoms with Gasteiger partial charge in [-0.05, 0) is 25.8 Å². The Morgan fingerprint density at radius 1 is 1.25 bits per heavy atom. The lowest BCUT2D eigenvalue weighted by atomic mass is 9.86. The topological polar surface area (TPSA) is 42.9 Å². The molecule has 0 aromatic carbocycles. The molecule has 3 heteroatoms. The molecule has 1 aliphatic rings. The van der Waals surface area contributed by atoms with Crippen molar-refractivity contribution < 1.29 is 4.79 Å². The molecule has 16 heavy (non-hydrogen) atoms. The fourth-order valence-electron chi connectivity index (χ4n) is 2.36. The van der Waals surface area contributed by atoms with Crippen LogP contribution in [0.4, 0.5) is 0 Å². The summed E-state index contributed by atoms with van der Waals surface area (Å²) >= 11 is 0. The first-order valence-electron chi connectivity index (χ1n) is 6.03. The van der Waals surface area contributed by atoms with Crippen LogP contribution in [0.5, 0.6) is 0 Å². The largest absolute Gasteiger partial charge is 0.291 e. The van der Waals surface area contributed by atoms with E-state index in [-0.39, 0.29) is 5.78 Å². The molecule has 0 bridgehead atoms. The molecule has 0 unspecified atom stereocenters. The molecule has 1 aromatic rings. The molecule has 0 aliphatic heterocycles. The van der Waals surface area contributed by atoms with Crippen molar-refractivity contribution in [2.75, 3.05) is 0 Å². The lowest BCUT2D eigenvalue weighted by molar-refractivity contribution is 0.100. The van der Waals surface area contributed by atoms with E-state index in [0.717, 1.165) is 11.4 Å². The van der Waals surface area contributed by atoms with Gasteiger partial charge < -0.3 is 0 Å². The first-order valence-corrected chi connectivity index (χ1v) is 6.03. The van der Waals surface area contributed by atoms with Crippen molar-refractivity contribution in [3.05, 3.63) is 23.3 Å². The Morgan fingerprint density at radius 2 is 1.94 bits per heavy atom. The zero-order valence-electron chi connectivity index (χ0n) is 9.99. The van der Waals surface area contributed by atoms with Gasteiger partial charge in [0.05, 0.1) is 0 Å². The smallest absolute Gasteiger partial charge is 0.196 e. The summed E-state index contributed by atoms with van der Waals surface area (Å²) in [6, 6.07) is 2.03. The van der Waals surface area contributed by atoms with E-state index in [1.807, 2.05) is 13.0 Å². The van der Waals surface area contributed by atoms with Crippen LogP contribution in [0.25, 0.3) is 0 Å². The van der Waals surface area contributed by atoms with E-state index in [9.17, 15) is 4.79 Å². The van der Waals surface area contributed by atoms with Crippen LogP contribution in [-0.4, -0.2) is 15.8 Å². The third kappa shape index (κ3) is 2.46. The molecule has 1 saturated carbocycles. The zero-order valence-corrected chi connectivity index (χ0v) is 9.99. The van der Waals surface area contributed by atoms with E-state index in [1.165, 1.54) is 39.0 Å². The highest BCUT2D eigenvalue weighted by Crippen LogP contribution is 2.31. The number of carbonyl (C=O) groups excluding carboxylic acids is 1. The number of Topliss-reactive ketones (excluding diaryl/α,β-unsaturated/α-hetero) is 1. The van der Waals surface area contributed by atoms with Gasteiger partial charge in [-0.25, -0.2) is 9.97 Å². The Kier molecular flexibility index (Phi) is 3.32. The average molecular weight is 218 g/mol. The zero-order chi connectivity index (χ0) is 11.5. The van der Waals surface area contributed by atoms with Gasteiger partial charge in [-0.1, -0.05) is 19.3 Å². The van der Waals surface area contributed by atoms with Crippen molar-refractivity contribution >= 4 is 5.78 Å². The minimum atomic E-state index is -0.0410. The Hall–Kier alpha value is -1.25. The molecule has 1 heterocycles. The fourth-order valence-corrected chi connectivity index (χ4v) is 2.36. The lowest BCUT2D eigenvalue weighted by Gasteiger charge is -2.21. The van der Waals surface area contributed by atoms with Gasteiger partial charge in [0.25, 0.3) is 0 Å². The summed E-state index contributed by atoms with van der Waals surface area (Å²) in [5, 5.41) is 0. The van der Waals surface area contributed by atoms with E-state index in [0.29, 0.717) is 11.7 Å². The third-order valence-electron chi connectivity index (χ3n) is 3.21. The highest BCUT2D eigenvalue weighted by molar-refractivity contribution is 5.90. The molecule has 2 rings (SSSR count). The number of ketones is 1. The Morgan fingerprint density at radius 3 is 2.56 bits per heavy atom. The van der Waals surface area contributed by atoms with E-state index in [4.69, 9.17) is 0 Å². The molecule has 1 fully saturated rings. The first kappa shape index (κ1) is 11.2. The predicted octanol–water partition coefficient (Wildman–Crippen LogP) is 3.04. The molecule has 0 spiro atoms. The monoisotopic (exact) mass is 218 g/mol. The van der Waals surface area contributed by atoms with Gasteiger partial charge in [-0.2, -0.15) is 0 Å². The molecule has 1 aliphatic carbocycles. The van der Waals surface area contributed by atoms with Crippen molar-refractivity contribution in [2.45, 2.75) is 51.9 Å². The Balaban J connectivity index is 2.28. The summed E-state index contributed by atoms with van der Waals surface area (Å²) in [5.41, 5.74) is 1.97. The van der Waals surface area contributed by atoms with Crippen LogP contribution in [0.2, 0.25) is 0 Å². The van der Waals surface area contributed by atoms with Gasteiger partial charge in [-0.15, -0.1) is 0 Å². The van der Waals surface area contributed by atoms with Gasteiger partial charge in [0.2, 0.25) is 0 Å². The molecule has 1 aromatic heterocycles. The number of hydrogen-bond donors (Lipinski definition) is 0. The van der Waals surface area contributed by atoms with E-state index < -0.39 is 0 Å². The molecular weight excluding hydrogens is 200 g/mol. The van der Waals surface area contributed by atoms with Gasteiger partial charge >= 0.3 is 0 Å². The van der Waals surface area contributed by atoms with Crippen LogP contribution in [-0.2, 0) is 0 Å². The van der Waals surface area contributed by atoms with Crippen LogP contribution in [0.3, 0.4) is 0 Å². The van der Waals surface area contributed by atoms with Gasteiger partial charge in [0.1, 0.15) is 0 Å². The van der Waals surface area contributed by atoms with E-state index >= 15 is 0 Å². The van der Waals surface area contributed by atoms with Crippen LogP contribution in [0, 0.1) is 6.92 Å². The van der Waals surface area contributed by atoms with E-state index in [2.05, 4.69) is 9.97 Å². The fraction of sp³-hybridized carbons (Fsp3) is 0.615. The SMILES string of the molecule is CC(=O)c1nc(C)cc(C2CCCCC2)n1. The Labute approximate surface area is 96.3 Å². The lowest BCUT2D eigenvalue weighted by Crippen LogP contribution is -2.11. The van der Waals surface area contributed by atoms with Gasteiger partial charge in [-0.3, -0.25) is 4.79 Å². The maximum absolute atomic E-state index is 11.3. The van der Waals surface area contributed by atoms with Crippen molar-refractivity contribution in [1.82, 2.24) is 9.97 Å². The normalized spacial score (nSPS) is 17.4. The maximum atomic E-state index is 11.3. The predicted molar refractivity (Wildman–Crippen MR) is 62.6 cm³/mol. The van der Waals surface area contributed by atoms with Crippen LogP contribution in [0.15, 0.2) is 6.07 Å². The molecule has 0 radical (unpaired) electrons. The summed E-state index contributed by atoms with van der Waals surface area (Å²) < 4.78 is 0. The number of hydrogen-bond acceptors (Lipinski definition) is 3. The van der Waals surface area contributed by atoms with Gasteiger partial charge in [0.15, 0.2) is 11.6 Å². The Bertz CT molecular complexity index is 395. The summed E-state index contributed by atoms with van der Waals surface area (Å²) in [5.74, 6) is 0.870. The third-order valence-corrected chi connectivity index (χ3v) is 3.21. The van der Waals surface area contributed by atoms with Crippen molar-refractivity contribution in [3.8, 4) is 0 Å². The standard InChI is InChI=1S/C13H18N2O/c1-9-8-12(11-6-4-3-5-7-11)15-13(14-9)10(2)16/h8,11H,3-7H2,1-2H3. The summed E-state index contributed by atoms with van der Waals surface area (Å²) in [6.07, 6.45) is 6.30. The quantitative estimate of drug-likeness (QED) is 0.716. The summed E-state index contributed by atoms with van der Waals surface area (Å²) in [6.45, 7) is 3.46. The second kappa shape index (κ2) is 4.73. The average Bonchev–Trinajstić information content (AvgIpc) is 2.29. The summed E-state index contributed by atoms with van der Waals surface area (Å²) in [4.78, 5) is 19.9. The number of nitrogens with zero attached hydrogens (tertiary/aromatic N) is 2. The van der Waals surface area contributed by atoms with Crippen LogP contribution >= 0.6 is 0 Å². The minimum Gasteiger partial charge on any atom is -0.291 e. The highest BCUT2D eigenvalue weighted by atomic mass is 16.1. The van der Waals surface area contributed by atoms with E-state index in [1.54, 1.807) is 0 Å². The van der Waals surface area contributed by atoms with Gasteiger partial charge in [0, 0.05) is 24.2 Å². The van der Waals surface area contributed by atoms with Crippen LogP contribution < -0.4 is 0 Å². The van der Waals surface area contributed by atoms with Crippen LogP contribution in [0.1, 0.15) is 67.0 Å². The van der Waals surface area contributed by atoms with Crippen molar-refractivity contribution in [2.24, 2.45) is 0 Å². The molecule has 0 N–H and O–H groups in total. The molecular formula is C13H18N2O. The summed E-state index contributed by atoms with van der Waals surface area (Å²) in [7, 11) is 0. The van der Waals surface area contributed by atoms with Crippen molar-refractivity contribution in [1.29, 1.82) is 0 Å². The number of aryl methyl sites for hydroxylation is 1. The molecule has 0 saturated heterocycles. The molecule has 0 amide bonds. The molecule has 0 atom stereocenters. The highest BCUT2D eigenvalue weighted by Gasteiger charge is 2.18. The second-order valence-electron chi connectivity index (χ2n) is 4.65. The second-order valence-corrected chi connectivity index (χ2v) is 4.65. The molecule has 86 valence electrons. The minimum absolute atomic E-state index is 0.0410. The number of carbonyl (C=O) groups is 1. The first-order chi connectivity index (χ1) is 7.66. The van der Waals surface area contributed by atoms with Crippen molar-refractivity contribution in [3.63, 3.8) is 0 Å². The molecule has 3 nitrogen and oxygen atoms in total. The number of aromatic nitrogens is 2.